The quantitative estimate of drug-likeness (QED) is 0.497. The fourth-order valence-electron chi connectivity index (χ4n) is 0.795. The summed E-state index contributed by atoms with van der Waals surface area (Å²) in [7, 11) is 0.477. The van der Waals surface area contributed by atoms with Crippen LogP contribution in [0.1, 0.15) is 6.92 Å². The molecule has 0 heterocycles. The highest BCUT2D eigenvalue weighted by Gasteiger charge is 2.21. The van der Waals surface area contributed by atoms with Crippen LogP contribution in [0.4, 0.5) is 0 Å². The first kappa shape index (κ1) is 9.53. The molecule has 0 amide bonds. The normalized spacial score (nSPS) is 15.7. The predicted octanol–water partition coefficient (Wildman–Crippen LogP) is 2.16. The number of hydrogen-bond acceptors (Lipinski definition) is 2. The highest BCUT2D eigenvalue weighted by atomic mass is 32.1. The Balaban J connectivity index is 3.58. The van der Waals surface area contributed by atoms with Gasteiger partial charge in [-0.1, -0.05) is 6.92 Å². The fourth-order valence-corrected chi connectivity index (χ4v) is 3.70. The van der Waals surface area contributed by atoms with Gasteiger partial charge < -0.3 is 4.43 Å². The smallest absolute Gasteiger partial charge is 0.187 e. The molecule has 0 aliphatic heterocycles. The highest BCUT2D eigenvalue weighted by Crippen LogP contribution is 2.15. The number of thiol groups is 1. The molecule has 0 aromatic carbocycles. The van der Waals surface area contributed by atoms with Gasteiger partial charge in [-0.3, -0.25) is 0 Å². The van der Waals surface area contributed by atoms with E-state index >= 15 is 0 Å². The Morgan fingerprint density at radius 1 is 1.56 bits per heavy atom. The van der Waals surface area contributed by atoms with E-state index < -0.39 is 8.32 Å². The predicted molar refractivity (Wildman–Crippen MR) is 47.7 cm³/mol. The van der Waals surface area contributed by atoms with Crippen LogP contribution in [0, 0.1) is 0 Å². The molecule has 0 aliphatic rings. The monoisotopic (exact) mass is 164 g/mol. The van der Waals surface area contributed by atoms with Crippen LogP contribution in [0.3, 0.4) is 0 Å². The molecular formula is C6H16OSSi. The van der Waals surface area contributed by atoms with Crippen molar-refractivity contribution in [2.45, 2.75) is 31.3 Å². The summed E-state index contributed by atoms with van der Waals surface area (Å²) in [5, 5.41) is 0.478. The standard InChI is InChI=1S/C6H16OSSi/c1-6(8)5-9(3,4)7-2/h6,8H,5H2,1-4H3. The zero-order valence-electron chi connectivity index (χ0n) is 6.64. The minimum Gasteiger partial charge on any atom is -0.420 e. The van der Waals surface area contributed by atoms with Crippen LogP contribution in [-0.4, -0.2) is 20.7 Å². The summed E-state index contributed by atoms with van der Waals surface area (Å²) in [6.45, 7) is 6.52. The van der Waals surface area contributed by atoms with Gasteiger partial charge in [0, 0.05) is 7.11 Å². The third-order valence-electron chi connectivity index (χ3n) is 1.34. The van der Waals surface area contributed by atoms with Crippen LogP contribution in [0.25, 0.3) is 0 Å². The van der Waals surface area contributed by atoms with E-state index in [1.165, 1.54) is 0 Å². The van der Waals surface area contributed by atoms with Crippen LogP contribution in [0.2, 0.25) is 19.1 Å². The average molecular weight is 164 g/mol. The molecule has 0 saturated heterocycles. The molecule has 1 atom stereocenters. The van der Waals surface area contributed by atoms with Gasteiger partial charge in [-0.15, -0.1) is 0 Å². The lowest BCUT2D eigenvalue weighted by Crippen LogP contribution is -2.30. The van der Waals surface area contributed by atoms with Crippen LogP contribution >= 0.6 is 12.6 Å². The Hall–Kier alpha value is 0.527. The summed E-state index contributed by atoms with van der Waals surface area (Å²) >= 11 is 4.30. The van der Waals surface area contributed by atoms with E-state index in [1.54, 1.807) is 7.11 Å². The molecule has 0 aliphatic carbocycles. The van der Waals surface area contributed by atoms with Crippen molar-refractivity contribution in [1.82, 2.24) is 0 Å². The van der Waals surface area contributed by atoms with E-state index in [9.17, 15) is 0 Å². The van der Waals surface area contributed by atoms with Gasteiger partial charge in [-0.2, -0.15) is 12.6 Å². The Morgan fingerprint density at radius 3 is 2.11 bits per heavy atom. The lowest BCUT2D eigenvalue weighted by Gasteiger charge is -2.21. The minimum atomic E-state index is -1.32. The maximum atomic E-state index is 5.34. The van der Waals surface area contributed by atoms with Crippen molar-refractivity contribution in [3.63, 3.8) is 0 Å². The van der Waals surface area contributed by atoms with Crippen LogP contribution < -0.4 is 0 Å². The molecule has 0 aromatic rings. The van der Waals surface area contributed by atoms with Gasteiger partial charge in [0.2, 0.25) is 0 Å². The van der Waals surface area contributed by atoms with Crippen molar-refractivity contribution in [2.75, 3.05) is 7.11 Å². The number of rotatable bonds is 3. The second kappa shape index (κ2) is 3.64. The van der Waals surface area contributed by atoms with E-state index in [0.29, 0.717) is 5.25 Å². The largest absolute Gasteiger partial charge is 0.420 e. The van der Waals surface area contributed by atoms with Crippen molar-refractivity contribution < 1.29 is 4.43 Å². The van der Waals surface area contributed by atoms with Crippen molar-refractivity contribution in [3.8, 4) is 0 Å². The SMILES string of the molecule is CO[Si](C)(C)CC(C)S. The summed E-state index contributed by atoms with van der Waals surface area (Å²) < 4.78 is 5.34. The first-order valence-electron chi connectivity index (χ1n) is 3.21. The van der Waals surface area contributed by atoms with Gasteiger partial charge in [0.15, 0.2) is 8.32 Å². The molecule has 56 valence electrons. The molecule has 0 radical (unpaired) electrons. The lowest BCUT2D eigenvalue weighted by atomic mass is 10.6. The van der Waals surface area contributed by atoms with E-state index in [1.807, 2.05) is 0 Å². The third-order valence-corrected chi connectivity index (χ3v) is 4.57. The highest BCUT2D eigenvalue weighted by molar-refractivity contribution is 7.81. The second-order valence-corrected chi connectivity index (χ2v) is 8.23. The first-order chi connectivity index (χ1) is 3.98. The van der Waals surface area contributed by atoms with Gasteiger partial charge in [-0.05, 0) is 24.4 Å². The zero-order valence-corrected chi connectivity index (χ0v) is 8.53. The van der Waals surface area contributed by atoms with Crippen LogP contribution in [0.15, 0.2) is 0 Å². The van der Waals surface area contributed by atoms with Gasteiger partial charge >= 0.3 is 0 Å². The summed E-state index contributed by atoms with van der Waals surface area (Å²) in [5.41, 5.74) is 0. The van der Waals surface area contributed by atoms with Crippen molar-refractivity contribution in [2.24, 2.45) is 0 Å². The molecule has 0 rings (SSSR count). The van der Waals surface area contributed by atoms with E-state index in [0.717, 1.165) is 6.04 Å². The Labute approximate surface area is 64.3 Å². The molecule has 0 fully saturated rings. The Bertz CT molecular complexity index is 83.1. The van der Waals surface area contributed by atoms with Gasteiger partial charge in [-0.25, -0.2) is 0 Å². The molecule has 1 unspecified atom stereocenters. The molecule has 0 N–H and O–H groups in total. The Morgan fingerprint density at radius 2 is 2.00 bits per heavy atom. The van der Waals surface area contributed by atoms with E-state index in [-0.39, 0.29) is 0 Å². The maximum Gasteiger partial charge on any atom is 0.187 e. The molecular weight excluding hydrogens is 148 g/mol. The summed E-state index contributed by atoms with van der Waals surface area (Å²) in [4.78, 5) is 0. The lowest BCUT2D eigenvalue weighted by molar-refractivity contribution is 0.403. The average Bonchev–Trinajstić information content (AvgIpc) is 1.63. The van der Waals surface area contributed by atoms with E-state index in [4.69, 9.17) is 4.43 Å². The van der Waals surface area contributed by atoms with Crippen LogP contribution in [-0.2, 0) is 4.43 Å². The topological polar surface area (TPSA) is 9.23 Å². The van der Waals surface area contributed by atoms with Gasteiger partial charge in [0.05, 0.1) is 0 Å². The first-order valence-corrected chi connectivity index (χ1v) is 6.84. The number of hydrogen-bond donors (Lipinski definition) is 1. The molecule has 0 aromatic heterocycles. The second-order valence-electron chi connectivity index (χ2n) is 3.02. The molecule has 9 heavy (non-hydrogen) atoms. The summed E-state index contributed by atoms with van der Waals surface area (Å²) in [6, 6.07) is 1.13. The summed E-state index contributed by atoms with van der Waals surface area (Å²) in [5.74, 6) is 0. The van der Waals surface area contributed by atoms with Crippen molar-refractivity contribution >= 4 is 20.9 Å². The Kier molecular flexibility index (Phi) is 3.85. The zero-order chi connectivity index (χ0) is 7.49. The molecule has 3 heteroatoms. The minimum absolute atomic E-state index is 0.478. The molecule has 1 nitrogen and oxygen atoms in total. The van der Waals surface area contributed by atoms with Crippen molar-refractivity contribution in [1.29, 1.82) is 0 Å². The van der Waals surface area contributed by atoms with Crippen LogP contribution in [0.5, 0.6) is 0 Å². The van der Waals surface area contributed by atoms with Crippen molar-refractivity contribution in [3.05, 3.63) is 0 Å². The molecule has 0 spiro atoms. The molecule has 0 saturated carbocycles. The maximum absolute atomic E-state index is 5.34. The summed E-state index contributed by atoms with van der Waals surface area (Å²) in [6.07, 6.45) is 0. The third kappa shape index (κ3) is 5.00. The fraction of sp³-hybridized carbons (Fsp3) is 1.00. The van der Waals surface area contributed by atoms with Gasteiger partial charge in [0.25, 0.3) is 0 Å². The van der Waals surface area contributed by atoms with E-state index in [2.05, 4.69) is 32.6 Å². The molecule has 0 bridgehead atoms. The van der Waals surface area contributed by atoms with Gasteiger partial charge in [0.1, 0.15) is 0 Å².